The Hall–Kier alpha value is -10.9. The first-order chi connectivity index (χ1) is 61.9. The number of amides is 8. The number of ether oxygens (including phenoxy) is 13. The molecule has 4 aromatic carbocycles. The molecular weight excluding hydrogens is 1700 g/mol. The Balaban J connectivity index is 0.793. The molecule has 8 amide bonds. The van der Waals surface area contributed by atoms with Gasteiger partial charge in [0.15, 0.2) is 28.2 Å². The van der Waals surface area contributed by atoms with Gasteiger partial charge in [-0.05, 0) is 50.8 Å². The van der Waals surface area contributed by atoms with Crippen LogP contribution in [0, 0.1) is 42.4 Å². The van der Waals surface area contributed by atoms with E-state index >= 15 is 4.79 Å². The lowest BCUT2D eigenvalue weighted by Gasteiger charge is -2.38. The van der Waals surface area contributed by atoms with Crippen LogP contribution < -0.4 is 57.9 Å². The number of phenols is 1. The summed E-state index contributed by atoms with van der Waals surface area (Å²) in [6.07, 6.45) is 5.73. The molecule has 8 rings (SSSR count). The molecule has 0 radical (unpaired) electrons. The van der Waals surface area contributed by atoms with E-state index in [0.29, 0.717) is 109 Å². The molecule has 4 bridgehead atoms. The number of aromatic hydroxyl groups is 1. The molecule has 3 aliphatic heterocycles. The summed E-state index contributed by atoms with van der Waals surface area (Å²) in [7, 11) is 5.34. The van der Waals surface area contributed by atoms with Crippen LogP contribution in [0.2, 0.25) is 0 Å². The van der Waals surface area contributed by atoms with Crippen LogP contribution in [-0.4, -0.2) is 284 Å². The summed E-state index contributed by atoms with van der Waals surface area (Å²) >= 11 is 0. The average Bonchev–Trinajstić information content (AvgIpc) is 1.47. The number of hydrogen-bond donors (Lipinski definition) is 10. The van der Waals surface area contributed by atoms with Crippen molar-refractivity contribution in [1.82, 2.24) is 25.8 Å². The Kier molecular flexibility index (Phi) is 41.0. The van der Waals surface area contributed by atoms with Gasteiger partial charge in [0.25, 0.3) is 17.7 Å². The molecule has 0 unspecified atom stereocenters. The second kappa shape index (κ2) is 51.1. The molecule has 38 nitrogen and oxygen atoms in total. The van der Waals surface area contributed by atoms with Gasteiger partial charge in [0, 0.05) is 142 Å². The second-order valence-corrected chi connectivity index (χ2v) is 33.4. The molecule has 38 heteroatoms. The summed E-state index contributed by atoms with van der Waals surface area (Å²) in [6.45, 7) is 22.4. The summed E-state index contributed by atoms with van der Waals surface area (Å²) in [6, 6.07) is 8.10. The number of nitrogens with one attached hydrogen (secondary N) is 5. The lowest BCUT2D eigenvalue weighted by molar-refractivity contribution is -0.903. The molecule has 130 heavy (non-hydrogen) atoms. The topological polar surface area (TPSA) is 504 Å². The van der Waals surface area contributed by atoms with E-state index < -0.39 is 141 Å². The summed E-state index contributed by atoms with van der Waals surface area (Å²) in [4.78, 5) is 150. The van der Waals surface area contributed by atoms with Crippen LogP contribution in [0.4, 0.5) is 16.2 Å². The van der Waals surface area contributed by atoms with Crippen LogP contribution in [-0.2, 0) is 97.0 Å². The van der Waals surface area contributed by atoms with Crippen molar-refractivity contribution in [2.24, 2.45) is 41.2 Å². The van der Waals surface area contributed by atoms with Crippen LogP contribution in [0.5, 0.6) is 17.2 Å². The number of hydrogen-bond acceptors (Lipinski definition) is 30. The zero-order valence-electron chi connectivity index (χ0n) is 76.4. The van der Waals surface area contributed by atoms with Crippen LogP contribution in [0.25, 0.3) is 38.7 Å². The average molecular weight is 1820 g/mol. The summed E-state index contributed by atoms with van der Waals surface area (Å²) in [5.74, 6) is -11.1. The number of nitrogens with zero attached hydrogens (tertiary/aromatic N) is 3. The maximum Gasteiger partial charge on any atom is 0.312 e. The molecular formula is C92H128N9O29+. The number of benzene rings is 4. The van der Waals surface area contributed by atoms with Crippen molar-refractivity contribution in [1.29, 1.82) is 0 Å². The molecule has 4 heterocycles. The third-order valence-corrected chi connectivity index (χ3v) is 22.5. The number of rotatable bonds is 49. The molecule has 11 atom stereocenters. The minimum Gasteiger partial charge on any atom is -0.507 e. The van der Waals surface area contributed by atoms with Gasteiger partial charge < -0.3 is 123 Å². The number of esters is 1. The van der Waals surface area contributed by atoms with Gasteiger partial charge in [0.2, 0.25) is 28.6 Å². The number of fused-ring (bicyclic) bond motifs is 2. The fourth-order valence-electron chi connectivity index (χ4n) is 15.0. The third kappa shape index (κ3) is 30.3. The largest absolute Gasteiger partial charge is 0.507 e. The Bertz CT molecular complexity index is 5020. The number of quaternary nitrogens is 1. The number of imide groups is 1. The van der Waals surface area contributed by atoms with Crippen molar-refractivity contribution >= 4 is 103 Å². The van der Waals surface area contributed by atoms with Crippen LogP contribution in [0.3, 0.4) is 0 Å². The van der Waals surface area contributed by atoms with E-state index in [1.54, 1.807) is 59.8 Å². The van der Waals surface area contributed by atoms with E-state index in [0.717, 1.165) is 10.5 Å². The number of carbonyl (C=O) groups is 9. The molecule has 1 aromatic heterocycles. The highest BCUT2D eigenvalue weighted by molar-refractivity contribution is 6.17. The lowest BCUT2D eigenvalue weighted by Crippen LogP contribution is -2.46. The number of Topliss-reactive ketones (excluding diaryl/α,β-unsaturated/α-hetero) is 1. The summed E-state index contributed by atoms with van der Waals surface area (Å²) in [5.41, 5.74) is 3.52. The number of ketones is 1. The number of aliphatic hydroxyl groups excluding tert-OH is 3. The minimum absolute atomic E-state index is 0.0126. The SMILES string of the molecule is CO[C@H]1/C=C/O[C@@]2(C)Oc3c(C)c(O)c4c(=O)c(c5oc6cc(OCC[N+](C)(C)Cc7ccc(NC(=O)[C@H](CCCNC(N)=O)CC(=O)[C@@H](NC(=O)CCOCCOCCOCCOCCOCCOCCOCCOCCNC(=O)CCN8C(=O)C=CC8=O)C(C)C)cc7)cc(=O)c6nc5c4c3=C2O)NC(=O)/C(C)=C\C=C\[C@H](C)[C@H](O)[C@@H](C)[C@@H](O)[C@@H](C)[C@H](OC(C)=O)[C@@H]1C. The number of allylic oxidation sites excluding steroid dienone is 2. The number of methoxy groups -OCH3 is 1. The molecule has 0 saturated heterocycles. The van der Waals surface area contributed by atoms with E-state index in [9.17, 15) is 68.4 Å². The van der Waals surface area contributed by atoms with Gasteiger partial charge in [-0.1, -0.05) is 71.9 Å². The first-order valence-electron chi connectivity index (χ1n) is 43.7. The summed E-state index contributed by atoms with van der Waals surface area (Å²) in [5, 5.41) is 60.6. The highest BCUT2D eigenvalue weighted by atomic mass is 16.7. The Morgan fingerprint density at radius 2 is 1.30 bits per heavy atom. The minimum atomic E-state index is -2.08. The van der Waals surface area contributed by atoms with Crippen LogP contribution in [0.15, 0.2) is 98.7 Å². The monoisotopic (exact) mass is 1820 g/mol. The molecule has 3 aliphatic rings. The number of aromatic nitrogens is 1. The van der Waals surface area contributed by atoms with E-state index in [1.807, 2.05) is 26.2 Å². The number of primary amides is 1. The maximum absolute atomic E-state index is 15.2. The quantitative estimate of drug-likeness (QED) is 0.00591. The molecule has 0 aliphatic carbocycles. The van der Waals surface area contributed by atoms with Gasteiger partial charge in [0.1, 0.15) is 54.3 Å². The highest BCUT2D eigenvalue weighted by Gasteiger charge is 2.45. The van der Waals surface area contributed by atoms with Gasteiger partial charge in [-0.3, -0.25) is 52.8 Å². The number of carbonyl (C=O) groups excluding carboxylic acids is 9. The normalized spacial score (nSPS) is 21.1. The summed E-state index contributed by atoms with van der Waals surface area (Å²) < 4.78 is 81.5. The number of urea groups is 1. The Morgan fingerprint density at radius 1 is 0.708 bits per heavy atom. The van der Waals surface area contributed by atoms with Crippen molar-refractivity contribution in [2.45, 2.75) is 144 Å². The molecule has 11 N–H and O–H groups in total. The third-order valence-electron chi connectivity index (χ3n) is 22.5. The molecule has 714 valence electrons. The van der Waals surface area contributed by atoms with E-state index in [1.165, 1.54) is 83.6 Å². The van der Waals surface area contributed by atoms with Crippen LogP contribution >= 0.6 is 0 Å². The predicted molar refractivity (Wildman–Crippen MR) is 478 cm³/mol. The van der Waals surface area contributed by atoms with Crippen molar-refractivity contribution in [3.8, 4) is 17.2 Å². The molecule has 0 spiro atoms. The predicted octanol–water partition coefficient (Wildman–Crippen LogP) is 5.27. The van der Waals surface area contributed by atoms with Crippen molar-refractivity contribution in [3.05, 3.63) is 121 Å². The molecule has 0 saturated carbocycles. The standard InChI is InChI=1S/C92H127N9O29/c1-54(2)77(97-71(106)27-32-118-36-38-120-40-42-122-44-46-124-48-49-125-47-45-123-43-41-121-39-37-119-34-29-94-70(105)25-30-100-72(107)23-24-73(100)108)66(103)50-63(18-15-28-95-91(93)116)90(115)96-64-21-19-62(20-22-64)53-101(11,12)31-35-126-65-51-67(104)78-69(52-65)129-87-79(98-78)74-75-83(111)60(8)86-76(74)88(113)92(10,130-86)127-33-26-68(117-13)57(5)85(128-61(9)102)59(7)82(110)58(6)81(109)55(3)16-14-17-56(4)89(114)99-80(87)84(75)112/h14,16-17,19-24,26,33,51-52,54-55,57-59,63,68,77,81-82,85,109-110H,15,18,25,27-32,34-50,53H2,1-13H3,(H8-,93,94,95,96,97,98,99,104,105,106,107,108,111,112,113,114,115,116)/p+1/b16-14+,33-26+,56-17-/t55-,57+,58+,59+,63+,68-,77-,81-,82+,85+,92-/m0/s1. The van der Waals surface area contributed by atoms with Gasteiger partial charge in [-0.25, -0.2) is 9.78 Å². The van der Waals surface area contributed by atoms with E-state index in [-0.39, 0.29) is 151 Å². The smallest absolute Gasteiger partial charge is 0.312 e. The first kappa shape index (κ1) is 104. The van der Waals surface area contributed by atoms with E-state index in [2.05, 4.69) is 26.6 Å². The fourth-order valence-corrected chi connectivity index (χ4v) is 15.0. The number of aliphatic hydroxyl groups is 3. The fraction of sp³-hybridized carbons (Fsp3) is 0.565. The van der Waals surface area contributed by atoms with Crippen molar-refractivity contribution in [2.75, 3.05) is 170 Å². The highest BCUT2D eigenvalue weighted by Crippen LogP contribution is 2.43. The van der Waals surface area contributed by atoms with Crippen LogP contribution in [0.1, 0.15) is 106 Å². The first-order valence-corrected chi connectivity index (χ1v) is 43.7. The Labute approximate surface area is 754 Å². The zero-order valence-corrected chi connectivity index (χ0v) is 76.4. The number of likely N-dealkylation sites (N-methyl/N-ethyl adjacent to an activating group) is 1. The van der Waals surface area contributed by atoms with Gasteiger partial charge >= 0.3 is 17.8 Å². The number of nitrogens with two attached hydrogens (primary N) is 1. The van der Waals surface area contributed by atoms with Crippen molar-refractivity contribution in [3.63, 3.8) is 0 Å². The molecule has 0 fully saturated rings. The van der Waals surface area contributed by atoms with Gasteiger partial charge in [-0.15, -0.1) is 0 Å². The second-order valence-electron chi connectivity index (χ2n) is 33.4. The molecule has 5 aromatic rings. The zero-order chi connectivity index (χ0) is 94.9. The number of anilines is 2. The Morgan fingerprint density at radius 3 is 1.88 bits per heavy atom. The maximum atomic E-state index is 15.2. The van der Waals surface area contributed by atoms with Gasteiger partial charge in [0.05, 0.1) is 161 Å². The van der Waals surface area contributed by atoms with Gasteiger partial charge in [-0.2, -0.15) is 0 Å². The lowest BCUT2D eigenvalue weighted by atomic mass is 9.78. The van der Waals surface area contributed by atoms with Crippen molar-refractivity contribution < 1.29 is 134 Å². The number of phenolic OH excluding ortho intramolecular Hbond substituents is 1. The van der Waals surface area contributed by atoms with E-state index in [4.69, 9.17) is 76.7 Å².